The number of nitrogens with zero attached hydrogens (tertiary/aromatic N) is 2. The third-order valence-electron chi connectivity index (χ3n) is 4.84. The molecule has 1 aromatic heterocycles. The molecule has 1 aliphatic rings. The molecule has 0 spiro atoms. The van der Waals surface area contributed by atoms with E-state index in [1.807, 2.05) is 36.6 Å². The van der Waals surface area contributed by atoms with E-state index in [-0.39, 0.29) is 30.8 Å². The second-order valence-corrected chi connectivity index (χ2v) is 7.62. The van der Waals surface area contributed by atoms with E-state index in [0.717, 1.165) is 0 Å². The lowest BCUT2D eigenvalue weighted by Gasteiger charge is -2.25. The van der Waals surface area contributed by atoms with Crippen LogP contribution in [0.4, 0.5) is 5.69 Å². The summed E-state index contributed by atoms with van der Waals surface area (Å²) in [5, 5.41) is 1.84. The number of hydrogen-bond donors (Lipinski definition) is 0. The van der Waals surface area contributed by atoms with Crippen LogP contribution in [0.1, 0.15) is 37.3 Å². The molecule has 0 saturated heterocycles. The van der Waals surface area contributed by atoms with Crippen LogP contribution in [0.15, 0.2) is 66.0 Å². The molecule has 3 aromatic rings. The van der Waals surface area contributed by atoms with Crippen molar-refractivity contribution in [2.45, 2.75) is 6.92 Å². The fraction of sp³-hybridized carbons (Fsp3) is 0.174. The first-order valence-electron chi connectivity index (χ1n) is 9.63. The van der Waals surface area contributed by atoms with Gasteiger partial charge in [-0.3, -0.25) is 19.3 Å². The Morgan fingerprint density at radius 2 is 1.73 bits per heavy atom. The number of fused-ring (bicyclic) bond motifs is 1. The van der Waals surface area contributed by atoms with Crippen molar-refractivity contribution in [3.05, 3.63) is 82.0 Å². The molecular formula is C23H20N2O4S. The van der Waals surface area contributed by atoms with Gasteiger partial charge in [-0.25, -0.2) is 0 Å². The highest BCUT2D eigenvalue weighted by Gasteiger charge is 2.35. The van der Waals surface area contributed by atoms with Gasteiger partial charge in [0.1, 0.15) is 5.75 Å². The molecule has 152 valence electrons. The van der Waals surface area contributed by atoms with Crippen molar-refractivity contribution in [2.24, 2.45) is 0 Å². The van der Waals surface area contributed by atoms with Crippen molar-refractivity contribution in [3.63, 3.8) is 0 Å². The Hall–Kier alpha value is -3.45. The fourth-order valence-corrected chi connectivity index (χ4v) is 4.10. The lowest BCUT2D eigenvalue weighted by Crippen LogP contribution is -2.40. The zero-order valence-electron chi connectivity index (χ0n) is 16.4. The number of thiophene rings is 1. The number of amides is 3. The first kappa shape index (κ1) is 19.8. The molecule has 30 heavy (non-hydrogen) atoms. The number of rotatable bonds is 7. The number of anilines is 1. The normalized spacial score (nSPS) is 12.8. The number of carbonyl (C=O) groups excluding carboxylic acids is 3. The monoisotopic (exact) mass is 420 g/mol. The number of ether oxygens (including phenoxy) is 1. The summed E-state index contributed by atoms with van der Waals surface area (Å²) in [5.74, 6) is -0.195. The Labute approximate surface area is 178 Å². The van der Waals surface area contributed by atoms with E-state index in [4.69, 9.17) is 4.74 Å². The van der Waals surface area contributed by atoms with Crippen LogP contribution in [0.2, 0.25) is 0 Å². The van der Waals surface area contributed by atoms with Crippen LogP contribution >= 0.6 is 11.3 Å². The maximum absolute atomic E-state index is 13.2. The number of imide groups is 1. The molecule has 7 heteroatoms. The molecule has 0 fully saturated rings. The van der Waals surface area contributed by atoms with E-state index in [2.05, 4.69) is 0 Å². The number of carbonyl (C=O) groups is 3. The Balaban J connectivity index is 1.60. The summed E-state index contributed by atoms with van der Waals surface area (Å²) < 4.78 is 5.57. The molecule has 0 aliphatic carbocycles. The average molecular weight is 420 g/mol. The first-order chi connectivity index (χ1) is 14.6. The van der Waals surface area contributed by atoms with E-state index in [1.54, 1.807) is 41.3 Å². The van der Waals surface area contributed by atoms with E-state index >= 15 is 0 Å². The number of hydrogen-bond acceptors (Lipinski definition) is 5. The van der Waals surface area contributed by atoms with Crippen LogP contribution in [0.25, 0.3) is 0 Å². The van der Waals surface area contributed by atoms with E-state index in [1.165, 1.54) is 16.2 Å². The molecule has 0 unspecified atom stereocenters. The summed E-state index contributed by atoms with van der Waals surface area (Å²) in [7, 11) is 0. The van der Waals surface area contributed by atoms with Gasteiger partial charge in [-0.05, 0) is 42.6 Å². The van der Waals surface area contributed by atoms with Crippen molar-refractivity contribution in [1.29, 1.82) is 0 Å². The van der Waals surface area contributed by atoms with Crippen molar-refractivity contribution >= 4 is 34.7 Å². The van der Waals surface area contributed by atoms with Gasteiger partial charge in [0.25, 0.3) is 17.7 Å². The molecule has 3 amide bonds. The zero-order chi connectivity index (χ0) is 21.1. The molecule has 6 nitrogen and oxygen atoms in total. The minimum Gasteiger partial charge on any atom is -0.494 e. The molecule has 0 bridgehead atoms. The van der Waals surface area contributed by atoms with Gasteiger partial charge >= 0.3 is 0 Å². The molecule has 2 heterocycles. The Morgan fingerprint density at radius 1 is 1.00 bits per heavy atom. The highest BCUT2D eigenvalue weighted by molar-refractivity contribution is 7.12. The second-order valence-electron chi connectivity index (χ2n) is 6.67. The lowest BCUT2D eigenvalue weighted by molar-refractivity contribution is 0.0654. The molecule has 0 radical (unpaired) electrons. The highest BCUT2D eigenvalue weighted by Crippen LogP contribution is 2.26. The smallest absolute Gasteiger partial charge is 0.268 e. The van der Waals surface area contributed by atoms with Crippen molar-refractivity contribution < 1.29 is 19.1 Å². The van der Waals surface area contributed by atoms with Gasteiger partial charge in [-0.2, -0.15) is 0 Å². The third kappa shape index (κ3) is 3.71. The summed E-state index contributed by atoms with van der Waals surface area (Å²) in [6.45, 7) is 2.68. The van der Waals surface area contributed by atoms with Gasteiger partial charge < -0.3 is 9.64 Å². The molecule has 0 N–H and O–H groups in total. The topological polar surface area (TPSA) is 66.9 Å². The predicted molar refractivity (Wildman–Crippen MR) is 115 cm³/mol. The van der Waals surface area contributed by atoms with Crippen LogP contribution in [-0.4, -0.2) is 42.3 Å². The Kier molecular flexibility index (Phi) is 5.63. The highest BCUT2D eigenvalue weighted by atomic mass is 32.1. The van der Waals surface area contributed by atoms with Crippen LogP contribution in [0.5, 0.6) is 5.75 Å². The second kappa shape index (κ2) is 8.51. The fourth-order valence-electron chi connectivity index (χ4n) is 3.43. The molecule has 2 aromatic carbocycles. The van der Waals surface area contributed by atoms with Gasteiger partial charge in [0.15, 0.2) is 0 Å². The minimum absolute atomic E-state index is 0.0995. The summed E-state index contributed by atoms with van der Waals surface area (Å²) in [4.78, 5) is 41.9. The van der Waals surface area contributed by atoms with Crippen molar-refractivity contribution in [1.82, 2.24) is 4.90 Å². The SMILES string of the molecule is CCOc1cccc(N(CCN2C(=O)c3ccccc3C2=O)C(=O)c2cccs2)c1. The zero-order valence-corrected chi connectivity index (χ0v) is 17.2. The first-order valence-corrected chi connectivity index (χ1v) is 10.5. The van der Waals surface area contributed by atoms with Gasteiger partial charge in [0.05, 0.1) is 22.6 Å². The predicted octanol–water partition coefficient (Wildman–Crippen LogP) is 4.09. The van der Waals surface area contributed by atoms with Crippen LogP contribution in [0, 0.1) is 0 Å². The van der Waals surface area contributed by atoms with Gasteiger partial charge in [0.2, 0.25) is 0 Å². The number of benzene rings is 2. The maximum atomic E-state index is 13.2. The standard InChI is InChI=1S/C23H20N2O4S/c1-2-29-17-8-5-7-16(15-17)24(23(28)20-11-6-14-30-20)12-13-25-21(26)18-9-3-4-10-19(18)22(25)27/h3-11,14-15H,2,12-13H2,1H3. The van der Waals surface area contributed by atoms with Crippen molar-refractivity contribution in [2.75, 3.05) is 24.6 Å². The summed E-state index contributed by atoms with van der Waals surface area (Å²) in [5.41, 5.74) is 1.45. The van der Waals surface area contributed by atoms with E-state index < -0.39 is 0 Å². The van der Waals surface area contributed by atoms with E-state index in [0.29, 0.717) is 34.0 Å². The average Bonchev–Trinajstić information content (AvgIpc) is 3.38. The lowest BCUT2D eigenvalue weighted by atomic mass is 10.1. The summed E-state index contributed by atoms with van der Waals surface area (Å²) in [6.07, 6.45) is 0. The quantitative estimate of drug-likeness (QED) is 0.540. The molecule has 0 atom stereocenters. The van der Waals surface area contributed by atoms with Gasteiger partial charge in [-0.1, -0.05) is 24.3 Å². The molecule has 1 aliphatic heterocycles. The van der Waals surface area contributed by atoms with Gasteiger partial charge in [0, 0.05) is 24.8 Å². The summed E-state index contributed by atoms with van der Waals surface area (Å²) >= 11 is 1.35. The minimum atomic E-state index is -0.331. The third-order valence-corrected chi connectivity index (χ3v) is 5.70. The van der Waals surface area contributed by atoms with Crippen molar-refractivity contribution in [3.8, 4) is 5.75 Å². The molecule has 0 saturated carbocycles. The Bertz CT molecular complexity index is 1060. The summed E-state index contributed by atoms with van der Waals surface area (Å²) in [6, 6.07) is 17.6. The largest absolute Gasteiger partial charge is 0.494 e. The molecular weight excluding hydrogens is 400 g/mol. The van der Waals surface area contributed by atoms with Crippen LogP contribution < -0.4 is 9.64 Å². The van der Waals surface area contributed by atoms with Gasteiger partial charge in [-0.15, -0.1) is 11.3 Å². The molecule has 4 rings (SSSR count). The van der Waals surface area contributed by atoms with Crippen LogP contribution in [-0.2, 0) is 0 Å². The van der Waals surface area contributed by atoms with E-state index in [9.17, 15) is 14.4 Å². The Morgan fingerprint density at radius 3 is 2.37 bits per heavy atom. The van der Waals surface area contributed by atoms with Crippen LogP contribution in [0.3, 0.4) is 0 Å². The maximum Gasteiger partial charge on any atom is 0.268 e.